The van der Waals surface area contributed by atoms with E-state index in [0.29, 0.717) is 12.1 Å². The molecule has 128 valence electrons. The SMILES string of the molecule is COc1ccccc1C1CNCCN1C(=O)c1cccc(Br)c1.Cl. The van der Waals surface area contributed by atoms with Crippen LogP contribution in [-0.4, -0.2) is 37.6 Å². The average molecular weight is 412 g/mol. The Labute approximate surface area is 156 Å². The standard InChI is InChI=1S/C18H19BrN2O2.ClH/c1-23-17-8-3-2-7-15(17)16-12-20-9-10-21(16)18(22)13-5-4-6-14(19)11-13;/h2-8,11,16,20H,9-10,12H2,1H3;1H. The van der Waals surface area contributed by atoms with Crippen molar-refractivity contribution >= 4 is 34.2 Å². The number of carbonyl (C=O) groups is 1. The van der Waals surface area contributed by atoms with Gasteiger partial charge in [-0.3, -0.25) is 4.79 Å². The van der Waals surface area contributed by atoms with E-state index in [2.05, 4.69) is 21.2 Å². The average Bonchev–Trinajstić information content (AvgIpc) is 2.61. The van der Waals surface area contributed by atoms with Crippen LogP contribution in [0.5, 0.6) is 5.75 Å². The summed E-state index contributed by atoms with van der Waals surface area (Å²) in [5.74, 6) is 0.858. The van der Waals surface area contributed by atoms with Crippen molar-refractivity contribution in [1.29, 1.82) is 0 Å². The minimum Gasteiger partial charge on any atom is -0.496 e. The third-order valence-electron chi connectivity index (χ3n) is 4.07. The van der Waals surface area contributed by atoms with Crippen LogP contribution in [0.25, 0.3) is 0 Å². The number of para-hydroxylation sites is 1. The van der Waals surface area contributed by atoms with Crippen molar-refractivity contribution in [1.82, 2.24) is 10.2 Å². The third-order valence-corrected chi connectivity index (χ3v) is 4.57. The van der Waals surface area contributed by atoms with Crippen molar-refractivity contribution in [2.75, 3.05) is 26.7 Å². The van der Waals surface area contributed by atoms with E-state index in [4.69, 9.17) is 4.74 Å². The summed E-state index contributed by atoms with van der Waals surface area (Å²) in [5, 5.41) is 3.37. The molecule has 2 aromatic rings. The smallest absolute Gasteiger partial charge is 0.254 e. The number of piperazine rings is 1. The molecular formula is C18H20BrClN2O2. The zero-order valence-corrected chi connectivity index (χ0v) is 15.8. The Morgan fingerprint density at radius 3 is 2.79 bits per heavy atom. The molecule has 1 N–H and O–H groups in total. The Morgan fingerprint density at radius 2 is 2.04 bits per heavy atom. The van der Waals surface area contributed by atoms with Gasteiger partial charge in [0.25, 0.3) is 5.91 Å². The number of benzene rings is 2. The van der Waals surface area contributed by atoms with Crippen molar-refractivity contribution in [2.45, 2.75) is 6.04 Å². The summed E-state index contributed by atoms with van der Waals surface area (Å²) in [7, 11) is 1.66. The molecule has 1 heterocycles. The fourth-order valence-corrected chi connectivity index (χ4v) is 3.35. The zero-order valence-electron chi connectivity index (χ0n) is 13.4. The Bertz CT molecular complexity index is 711. The zero-order chi connectivity index (χ0) is 16.2. The molecule has 1 unspecified atom stereocenters. The quantitative estimate of drug-likeness (QED) is 0.838. The second-order valence-corrected chi connectivity index (χ2v) is 6.39. The number of carbonyl (C=O) groups excluding carboxylic acids is 1. The normalized spacial score (nSPS) is 17.1. The lowest BCUT2D eigenvalue weighted by atomic mass is 10.0. The molecule has 1 fully saturated rings. The van der Waals surface area contributed by atoms with Crippen LogP contribution < -0.4 is 10.1 Å². The fourth-order valence-electron chi connectivity index (χ4n) is 2.95. The molecule has 1 aliphatic rings. The molecule has 4 nitrogen and oxygen atoms in total. The maximum Gasteiger partial charge on any atom is 0.254 e. The molecule has 3 rings (SSSR count). The van der Waals surface area contributed by atoms with Gasteiger partial charge >= 0.3 is 0 Å². The maximum atomic E-state index is 13.0. The van der Waals surface area contributed by atoms with Gasteiger partial charge in [-0.15, -0.1) is 12.4 Å². The Morgan fingerprint density at radius 1 is 1.25 bits per heavy atom. The number of nitrogens with one attached hydrogen (secondary N) is 1. The monoisotopic (exact) mass is 410 g/mol. The highest BCUT2D eigenvalue weighted by Gasteiger charge is 2.30. The van der Waals surface area contributed by atoms with E-state index in [-0.39, 0.29) is 24.4 Å². The van der Waals surface area contributed by atoms with E-state index < -0.39 is 0 Å². The molecule has 0 radical (unpaired) electrons. The first-order valence-electron chi connectivity index (χ1n) is 7.61. The summed E-state index contributed by atoms with van der Waals surface area (Å²) in [6.45, 7) is 2.19. The van der Waals surface area contributed by atoms with Gasteiger partial charge in [0.2, 0.25) is 0 Å². The summed E-state index contributed by atoms with van der Waals surface area (Å²) >= 11 is 3.43. The number of methoxy groups -OCH3 is 1. The van der Waals surface area contributed by atoms with Gasteiger partial charge in [-0.2, -0.15) is 0 Å². The molecule has 0 aromatic heterocycles. The van der Waals surface area contributed by atoms with E-state index in [1.165, 1.54) is 0 Å². The van der Waals surface area contributed by atoms with Crippen molar-refractivity contribution < 1.29 is 9.53 Å². The lowest BCUT2D eigenvalue weighted by molar-refractivity contribution is 0.0631. The highest BCUT2D eigenvalue weighted by atomic mass is 79.9. The van der Waals surface area contributed by atoms with Gasteiger partial charge in [-0.25, -0.2) is 0 Å². The molecular weight excluding hydrogens is 392 g/mol. The van der Waals surface area contributed by atoms with Crippen LogP contribution in [-0.2, 0) is 0 Å². The molecule has 1 saturated heterocycles. The molecule has 0 spiro atoms. The van der Waals surface area contributed by atoms with Crippen molar-refractivity contribution in [3.8, 4) is 5.75 Å². The largest absolute Gasteiger partial charge is 0.496 e. The number of hydrogen-bond donors (Lipinski definition) is 1. The lowest BCUT2D eigenvalue weighted by Crippen LogP contribution is -2.48. The lowest BCUT2D eigenvalue weighted by Gasteiger charge is -2.37. The van der Waals surface area contributed by atoms with Gasteiger partial charge < -0.3 is 15.0 Å². The molecule has 1 aliphatic heterocycles. The summed E-state index contributed by atoms with van der Waals surface area (Å²) in [4.78, 5) is 14.9. The summed E-state index contributed by atoms with van der Waals surface area (Å²) < 4.78 is 6.39. The van der Waals surface area contributed by atoms with Crippen molar-refractivity contribution in [2.24, 2.45) is 0 Å². The van der Waals surface area contributed by atoms with E-state index in [1.54, 1.807) is 7.11 Å². The maximum absolute atomic E-state index is 13.0. The molecule has 0 aliphatic carbocycles. The number of halogens is 2. The predicted molar refractivity (Wildman–Crippen MR) is 101 cm³/mol. The fraction of sp³-hybridized carbons (Fsp3) is 0.278. The molecule has 1 atom stereocenters. The van der Waals surface area contributed by atoms with Crippen LogP contribution >= 0.6 is 28.3 Å². The second-order valence-electron chi connectivity index (χ2n) is 5.47. The molecule has 0 saturated carbocycles. The molecule has 1 amide bonds. The molecule has 24 heavy (non-hydrogen) atoms. The number of nitrogens with zero attached hydrogens (tertiary/aromatic N) is 1. The Hall–Kier alpha value is -1.56. The van der Waals surface area contributed by atoms with Crippen LogP contribution in [0.2, 0.25) is 0 Å². The van der Waals surface area contributed by atoms with Crippen LogP contribution in [0.15, 0.2) is 53.0 Å². The van der Waals surface area contributed by atoms with Crippen LogP contribution in [0.1, 0.15) is 22.0 Å². The van der Waals surface area contributed by atoms with Gasteiger partial charge in [0, 0.05) is 35.2 Å². The first-order chi connectivity index (χ1) is 11.2. The minimum atomic E-state index is -0.0358. The second kappa shape index (κ2) is 8.51. The number of ether oxygens (including phenoxy) is 1. The van der Waals surface area contributed by atoms with E-state index in [9.17, 15) is 4.79 Å². The first-order valence-corrected chi connectivity index (χ1v) is 8.40. The third kappa shape index (κ3) is 3.91. The highest BCUT2D eigenvalue weighted by molar-refractivity contribution is 9.10. The Kier molecular flexibility index (Phi) is 6.66. The number of amides is 1. The van der Waals surface area contributed by atoms with E-state index in [1.807, 2.05) is 53.4 Å². The highest BCUT2D eigenvalue weighted by Crippen LogP contribution is 2.31. The summed E-state index contributed by atoms with van der Waals surface area (Å²) in [6, 6.07) is 15.4. The van der Waals surface area contributed by atoms with Crippen molar-refractivity contribution in [3.05, 3.63) is 64.1 Å². The van der Waals surface area contributed by atoms with Crippen molar-refractivity contribution in [3.63, 3.8) is 0 Å². The van der Waals surface area contributed by atoms with Gasteiger partial charge in [-0.05, 0) is 24.3 Å². The number of rotatable bonds is 3. The van der Waals surface area contributed by atoms with Gasteiger partial charge in [0.05, 0.1) is 13.2 Å². The topological polar surface area (TPSA) is 41.6 Å². The molecule has 0 bridgehead atoms. The summed E-state index contributed by atoms with van der Waals surface area (Å²) in [5.41, 5.74) is 1.73. The number of hydrogen-bond acceptors (Lipinski definition) is 3. The molecule has 2 aromatic carbocycles. The van der Waals surface area contributed by atoms with Crippen LogP contribution in [0, 0.1) is 0 Å². The van der Waals surface area contributed by atoms with Gasteiger partial charge in [0.15, 0.2) is 0 Å². The van der Waals surface area contributed by atoms with E-state index >= 15 is 0 Å². The molecule has 6 heteroatoms. The van der Waals surface area contributed by atoms with Gasteiger partial charge in [0.1, 0.15) is 5.75 Å². The Balaban J connectivity index is 0.00000208. The van der Waals surface area contributed by atoms with E-state index in [0.717, 1.165) is 28.9 Å². The minimum absolute atomic E-state index is 0. The summed E-state index contributed by atoms with van der Waals surface area (Å²) in [6.07, 6.45) is 0. The predicted octanol–water partition coefficient (Wildman–Crippen LogP) is 3.67. The van der Waals surface area contributed by atoms with Crippen LogP contribution in [0.4, 0.5) is 0 Å². The van der Waals surface area contributed by atoms with Gasteiger partial charge in [-0.1, -0.05) is 40.2 Å². The first kappa shape index (κ1) is 18.8. The van der Waals surface area contributed by atoms with Crippen LogP contribution in [0.3, 0.4) is 0 Å².